The molecule has 0 spiro atoms. The SMILES string of the molecule is CC(C)(C)c1ccc(-c2ccc(C(C)(C)C)cc2N(c2ccc(-c3cccc4cccc(-c5ccc(F)cc5)c34)cc2)c2ccc3c(c2)C(C)(C)c2ccccc2-3)cc1. The van der Waals surface area contributed by atoms with Gasteiger partial charge >= 0.3 is 0 Å². The third-order valence-electron chi connectivity index (χ3n) is 12.5. The van der Waals surface area contributed by atoms with Crippen molar-refractivity contribution in [2.75, 3.05) is 4.90 Å². The van der Waals surface area contributed by atoms with E-state index in [0.29, 0.717) is 0 Å². The van der Waals surface area contributed by atoms with Gasteiger partial charge < -0.3 is 4.90 Å². The fourth-order valence-electron chi connectivity index (χ4n) is 9.08. The Kier molecular flexibility index (Phi) is 9.24. The zero-order chi connectivity index (χ0) is 41.3. The highest BCUT2D eigenvalue weighted by Crippen LogP contribution is 2.52. The molecule has 9 rings (SSSR count). The van der Waals surface area contributed by atoms with Crippen molar-refractivity contribution in [2.24, 2.45) is 0 Å². The van der Waals surface area contributed by atoms with E-state index in [1.54, 1.807) is 12.1 Å². The Morgan fingerprint density at radius 2 is 0.915 bits per heavy atom. The third kappa shape index (κ3) is 6.85. The summed E-state index contributed by atoms with van der Waals surface area (Å²) < 4.78 is 14.0. The van der Waals surface area contributed by atoms with Crippen molar-refractivity contribution in [3.05, 3.63) is 198 Å². The monoisotopic (exact) mass is 769 g/mol. The molecule has 8 aromatic rings. The van der Waals surface area contributed by atoms with Gasteiger partial charge in [-0.2, -0.15) is 0 Å². The normalized spacial score (nSPS) is 13.3. The summed E-state index contributed by atoms with van der Waals surface area (Å²) in [5.74, 6) is -0.232. The fraction of sp³-hybridized carbons (Fsp3) is 0.193. The van der Waals surface area contributed by atoms with E-state index in [9.17, 15) is 4.39 Å². The van der Waals surface area contributed by atoms with Crippen molar-refractivity contribution in [1.82, 2.24) is 0 Å². The van der Waals surface area contributed by atoms with Crippen LogP contribution < -0.4 is 4.90 Å². The molecule has 0 atom stereocenters. The van der Waals surface area contributed by atoms with E-state index in [0.717, 1.165) is 50.1 Å². The van der Waals surface area contributed by atoms with Gasteiger partial charge in [0.2, 0.25) is 0 Å². The van der Waals surface area contributed by atoms with Crippen LogP contribution in [-0.2, 0) is 16.2 Å². The molecule has 0 amide bonds. The smallest absolute Gasteiger partial charge is 0.123 e. The summed E-state index contributed by atoms with van der Waals surface area (Å²) in [5, 5.41) is 2.31. The molecule has 292 valence electrons. The van der Waals surface area contributed by atoms with Crippen LogP contribution in [0.15, 0.2) is 170 Å². The van der Waals surface area contributed by atoms with Gasteiger partial charge in [0.15, 0.2) is 0 Å². The zero-order valence-corrected chi connectivity index (χ0v) is 35.5. The van der Waals surface area contributed by atoms with Crippen LogP contribution in [0.3, 0.4) is 0 Å². The number of halogens is 1. The van der Waals surface area contributed by atoms with Crippen LogP contribution in [0.25, 0.3) is 55.3 Å². The molecule has 1 aliphatic carbocycles. The summed E-state index contributed by atoms with van der Waals surface area (Å²) >= 11 is 0. The predicted molar refractivity (Wildman–Crippen MR) is 250 cm³/mol. The molecule has 0 N–H and O–H groups in total. The van der Waals surface area contributed by atoms with E-state index in [1.165, 1.54) is 44.5 Å². The number of benzene rings is 8. The van der Waals surface area contributed by atoms with E-state index in [2.05, 4.69) is 206 Å². The molecule has 1 aliphatic rings. The van der Waals surface area contributed by atoms with Crippen LogP contribution in [0.1, 0.15) is 77.6 Å². The molecule has 0 unspecified atom stereocenters. The highest BCUT2D eigenvalue weighted by molar-refractivity contribution is 6.06. The predicted octanol–water partition coefficient (Wildman–Crippen LogP) is 16.4. The molecule has 0 aliphatic heterocycles. The molecular formula is C57H52FN. The van der Waals surface area contributed by atoms with Crippen molar-refractivity contribution in [3.8, 4) is 44.5 Å². The first kappa shape index (κ1) is 38.3. The number of rotatable bonds is 6. The van der Waals surface area contributed by atoms with Crippen molar-refractivity contribution >= 4 is 27.8 Å². The third-order valence-corrected chi connectivity index (χ3v) is 12.5. The van der Waals surface area contributed by atoms with Gasteiger partial charge in [0.1, 0.15) is 5.82 Å². The van der Waals surface area contributed by atoms with Crippen LogP contribution in [-0.4, -0.2) is 0 Å². The van der Waals surface area contributed by atoms with Gasteiger partial charge in [-0.1, -0.05) is 183 Å². The summed E-state index contributed by atoms with van der Waals surface area (Å²) in [4.78, 5) is 2.47. The second kappa shape index (κ2) is 14.2. The number of fused-ring (bicyclic) bond motifs is 4. The average molecular weight is 770 g/mol. The largest absolute Gasteiger partial charge is 0.310 e. The molecule has 0 heterocycles. The zero-order valence-electron chi connectivity index (χ0n) is 35.5. The van der Waals surface area contributed by atoms with E-state index in [-0.39, 0.29) is 22.1 Å². The highest BCUT2D eigenvalue weighted by atomic mass is 19.1. The fourth-order valence-corrected chi connectivity index (χ4v) is 9.08. The lowest BCUT2D eigenvalue weighted by molar-refractivity contribution is 0.590. The van der Waals surface area contributed by atoms with Crippen LogP contribution in [0.4, 0.5) is 21.5 Å². The molecule has 0 radical (unpaired) electrons. The van der Waals surface area contributed by atoms with E-state index in [1.807, 2.05) is 12.1 Å². The Morgan fingerprint density at radius 3 is 1.54 bits per heavy atom. The lowest BCUT2D eigenvalue weighted by atomic mass is 9.82. The Morgan fingerprint density at radius 1 is 0.424 bits per heavy atom. The maximum atomic E-state index is 14.0. The van der Waals surface area contributed by atoms with Gasteiger partial charge in [-0.05, 0) is 125 Å². The van der Waals surface area contributed by atoms with Crippen molar-refractivity contribution in [1.29, 1.82) is 0 Å². The molecule has 0 fully saturated rings. The first-order valence-electron chi connectivity index (χ1n) is 20.9. The second-order valence-corrected chi connectivity index (χ2v) is 18.8. The first-order valence-corrected chi connectivity index (χ1v) is 20.9. The molecule has 0 saturated carbocycles. The van der Waals surface area contributed by atoms with Crippen LogP contribution in [0.5, 0.6) is 0 Å². The Hall–Kier alpha value is -6.25. The summed E-state index contributed by atoms with van der Waals surface area (Å²) in [6.45, 7) is 18.4. The van der Waals surface area contributed by atoms with Gasteiger partial charge in [-0.15, -0.1) is 0 Å². The molecule has 0 bridgehead atoms. The molecule has 0 aromatic heterocycles. The van der Waals surface area contributed by atoms with Gasteiger partial charge in [0.05, 0.1) is 5.69 Å². The van der Waals surface area contributed by atoms with E-state index < -0.39 is 0 Å². The van der Waals surface area contributed by atoms with E-state index in [4.69, 9.17) is 0 Å². The van der Waals surface area contributed by atoms with Crippen LogP contribution in [0, 0.1) is 5.82 Å². The van der Waals surface area contributed by atoms with Crippen LogP contribution >= 0.6 is 0 Å². The number of hydrogen-bond acceptors (Lipinski definition) is 1. The highest BCUT2D eigenvalue weighted by Gasteiger charge is 2.36. The van der Waals surface area contributed by atoms with Gasteiger partial charge in [-0.3, -0.25) is 0 Å². The van der Waals surface area contributed by atoms with E-state index >= 15 is 0 Å². The number of hydrogen-bond donors (Lipinski definition) is 0. The summed E-state index contributed by atoms with van der Waals surface area (Å²) in [6.07, 6.45) is 0. The minimum atomic E-state index is -0.232. The van der Waals surface area contributed by atoms with Crippen LogP contribution in [0.2, 0.25) is 0 Å². The average Bonchev–Trinajstić information content (AvgIpc) is 3.46. The Bertz CT molecular complexity index is 2840. The minimum absolute atomic E-state index is 0.0585. The Labute approximate surface area is 349 Å². The first-order chi connectivity index (χ1) is 28.2. The quantitative estimate of drug-likeness (QED) is 0.163. The maximum absolute atomic E-state index is 14.0. The lowest BCUT2D eigenvalue weighted by Gasteiger charge is -2.32. The van der Waals surface area contributed by atoms with Crippen molar-refractivity contribution < 1.29 is 4.39 Å². The molecule has 8 aromatic carbocycles. The minimum Gasteiger partial charge on any atom is -0.310 e. The van der Waals surface area contributed by atoms with Crippen molar-refractivity contribution in [2.45, 2.75) is 71.6 Å². The van der Waals surface area contributed by atoms with Gasteiger partial charge in [0.25, 0.3) is 0 Å². The second-order valence-electron chi connectivity index (χ2n) is 18.8. The molecule has 0 saturated heterocycles. The molecule has 1 nitrogen and oxygen atoms in total. The summed E-state index contributed by atoms with van der Waals surface area (Å²) in [6, 6.07) is 60.9. The Balaban J connectivity index is 1.25. The summed E-state index contributed by atoms with van der Waals surface area (Å²) in [5.41, 5.74) is 17.9. The summed E-state index contributed by atoms with van der Waals surface area (Å²) in [7, 11) is 0. The van der Waals surface area contributed by atoms with Gasteiger partial charge in [-0.25, -0.2) is 4.39 Å². The topological polar surface area (TPSA) is 3.24 Å². The maximum Gasteiger partial charge on any atom is 0.123 e. The molecule has 59 heavy (non-hydrogen) atoms. The molecular weight excluding hydrogens is 718 g/mol. The standard InChI is InChI=1S/C57H52FN/c1-55(2,3)41-25-19-37(20-26-41)46-33-27-42(56(4,5)6)35-53(46)59(45-32-34-50-49-15-9-10-18-51(49)57(7,8)52(50)36-45)44-30-23-39(24-31-44)48-17-12-14-40-13-11-16-47(54(40)48)38-21-28-43(58)29-22-38/h9-36H,1-8H3. The van der Waals surface area contributed by atoms with Gasteiger partial charge in [0, 0.05) is 22.4 Å². The number of anilines is 3. The number of nitrogens with zero attached hydrogens (tertiary/aromatic N) is 1. The molecule has 2 heteroatoms. The lowest BCUT2D eigenvalue weighted by Crippen LogP contribution is -2.18. The van der Waals surface area contributed by atoms with Crippen molar-refractivity contribution in [3.63, 3.8) is 0 Å².